The summed E-state index contributed by atoms with van der Waals surface area (Å²) in [6.45, 7) is 0.416. The van der Waals surface area contributed by atoms with Gasteiger partial charge in [0.25, 0.3) is 0 Å². The van der Waals surface area contributed by atoms with Crippen LogP contribution in [0.2, 0.25) is 5.02 Å². The first-order valence-electron chi connectivity index (χ1n) is 4.01. The number of nitrogens with two attached hydrogens (primary N) is 1. The molecule has 4 heteroatoms. The molecular weight excluding hydrogens is 190 g/mol. The molecule has 72 valence electrons. The maximum atomic E-state index is 9.52. The van der Waals surface area contributed by atoms with Crippen molar-refractivity contribution < 1.29 is 10.2 Å². The lowest BCUT2D eigenvalue weighted by Gasteiger charge is -2.09. The van der Waals surface area contributed by atoms with Crippen molar-refractivity contribution in [3.63, 3.8) is 0 Å². The molecule has 0 radical (unpaired) electrons. The number of phenols is 1. The molecule has 0 aliphatic rings. The Kier molecular flexibility index (Phi) is 3.54. The fraction of sp³-hybridized carbons (Fsp3) is 0.333. The predicted molar refractivity (Wildman–Crippen MR) is 51.7 cm³/mol. The van der Waals surface area contributed by atoms with Crippen LogP contribution in [0.4, 0.5) is 0 Å². The van der Waals surface area contributed by atoms with E-state index >= 15 is 0 Å². The molecule has 0 saturated heterocycles. The molecule has 0 aliphatic carbocycles. The Morgan fingerprint density at radius 2 is 2.15 bits per heavy atom. The maximum Gasteiger partial charge on any atom is 0.134 e. The predicted octanol–water partition coefficient (Wildman–Crippen LogP) is 1.43. The van der Waals surface area contributed by atoms with E-state index in [1.807, 2.05) is 0 Å². The van der Waals surface area contributed by atoms with E-state index in [1.165, 1.54) is 12.1 Å². The molecule has 0 amide bonds. The highest BCUT2D eigenvalue weighted by atomic mass is 35.5. The molecule has 0 fully saturated rings. The molecule has 1 aromatic carbocycles. The van der Waals surface area contributed by atoms with E-state index in [0.29, 0.717) is 18.5 Å². The lowest BCUT2D eigenvalue weighted by Crippen LogP contribution is -2.06. The number of aromatic hydroxyl groups is 1. The SMILES string of the molecule is NCC[C@H](O)c1ccc(O)c(Cl)c1. The minimum Gasteiger partial charge on any atom is -0.506 e. The van der Waals surface area contributed by atoms with E-state index in [9.17, 15) is 5.11 Å². The third-order valence-electron chi connectivity index (χ3n) is 1.80. The summed E-state index contributed by atoms with van der Waals surface area (Å²) in [6, 6.07) is 4.62. The minimum atomic E-state index is -0.608. The van der Waals surface area contributed by atoms with Crippen molar-refractivity contribution in [3.8, 4) is 5.75 Å². The first kappa shape index (κ1) is 10.3. The van der Waals surface area contributed by atoms with Crippen LogP contribution in [0.15, 0.2) is 18.2 Å². The van der Waals surface area contributed by atoms with Crippen molar-refractivity contribution in [2.24, 2.45) is 5.73 Å². The second-order valence-electron chi connectivity index (χ2n) is 2.80. The lowest BCUT2D eigenvalue weighted by molar-refractivity contribution is 0.170. The largest absolute Gasteiger partial charge is 0.506 e. The average Bonchev–Trinajstić information content (AvgIpc) is 2.10. The van der Waals surface area contributed by atoms with Gasteiger partial charge in [-0.1, -0.05) is 17.7 Å². The van der Waals surface area contributed by atoms with Gasteiger partial charge in [0.05, 0.1) is 11.1 Å². The normalized spacial score (nSPS) is 12.8. The first-order chi connectivity index (χ1) is 6.15. The van der Waals surface area contributed by atoms with Gasteiger partial charge in [-0.2, -0.15) is 0 Å². The molecule has 0 heterocycles. The van der Waals surface area contributed by atoms with Crippen molar-refractivity contribution in [1.82, 2.24) is 0 Å². The molecule has 3 nitrogen and oxygen atoms in total. The number of aliphatic hydroxyl groups excluding tert-OH is 1. The van der Waals surface area contributed by atoms with Crippen molar-refractivity contribution in [3.05, 3.63) is 28.8 Å². The number of aliphatic hydroxyl groups is 1. The second-order valence-corrected chi connectivity index (χ2v) is 3.21. The zero-order valence-corrected chi connectivity index (χ0v) is 7.83. The highest BCUT2D eigenvalue weighted by molar-refractivity contribution is 6.32. The molecule has 0 bridgehead atoms. The fourth-order valence-electron chi connectivity index (χ4n) is 1.05. The standard InChI is InChI=1S/C9H12ClNO2/c10-7-5-6(1-2-9(7)13)8(12)3-4-11/h1-2,5,8,12-13H,3-4,11H2/t8-/m0/s1. The molecule has 0 spiro atoms. The Balaban J connectivity index is 2.84. The van der Waals surface area contributed by atoms with Crippen molar-refractivity contribution in [1.29, 1.82) is 0 Å². The third kappa shape index (κ3) is 2.59. The van der Waals surface area contributed by atoms with Crippen LogP contribution in [0.3, 0.4) is 0 Å². The summed E-state index contributed by atoms with van der Waals surface area (Å²) >= 11 is 5.67. The fourth-order valence-corrected chi connectivity index (χ4v) is 1.24. The molecule has 0 unspecified atom stereocenters. The highest BCUT2D eigenvalue weighted by Gasteiger charge is 2.08. The van der Waals surface area contributed by atoms with E-state index in [-0.39, 0.29) is 10.8 Å². The van der Waals surface area contributed by atoms with E-state index < -0.39 is 6.10 Å². The van der Waals surface area contributed by atoms with E-state index in [2.05, 4.69) is 0 Å². The average molecular weight is 202 g/mol. The van der Waals surface area contributed by atoms with Crippen LogP contribution < -0.4 is 5.73 Å². The second kappa shape index (κ2) is 4.46. The zero-order valence-electron chi connectivity index (χ0n) is 7.07. The molecule has 0 saturated carbocycles. The van der Waals surface area contributed by atoms with Crippen LogP contribution in [0.5, 0.6) is 5.75 Å². The van der Waals surface area contributed by atoms with Gasteiger partial charge < -0.3 is 15.9 Å². The lowest BCUT2D eigenvalue weighted by atomic mass is 10.1. The Morgan fingerprint density at radius 3 is 2.69 bits per heavy atom. The van der Waals surface area contributed by atoms with Gasteiger partial charge in [0, 0.05) is 0 Å². The van der Waals surface area contributed by atoms with Crippen LogP contribution >= 0.6 is 11.6 Å². The van der Waals surface area contributed by atoms with Crippen molar-refractivity contribution in [2.45, 2.75) is 12.5 Å². The Morgan fingerprint density at radius 1 is 1.46 bits per heavy atom. The number of hydrogen-bond acceptors (Lipinski definition) is 3. The number of phenolic OH excluding ortho intramolecular Hbond substituents is 1. The zero-order chi connectivity index (χ0) is 9.84. The van der Waals surface area contributed by atoms with Crippen LogP contribution in [0.1, 0.15) is 18.1 Å². The van der Waals surface area contributed by atoms with Crippen LogP contribution in [0.25, 0.3) is 0 Å². The molecule has 1 rings (SSSR count). The van der Waals surface area contributed by atoms with Gasteiger partial charge in [-0.05, 0) is 30.7 Å². The van der Waals surface area contributed by atoms with Gasteiger partial charge in [-0.25, -0.2) is 0 Å². The summed E-state index contributed by atoms with van der Waals surface area (Å²) in [5.74, 6) is 0.0189. The number of rotatable bonds is 3. The summed E-state index contributed by atoms with van der Waals surface area (Å²) in [7, 11) is 0. The van der Waals surface area contributed by atoms with E-state index in [0.717, 1.165) is 0 Å². The number of hydrogen-bond donors (Lipinski definition) is 3. The van der Waals surface area contributed by atoms with Gasteiger partial charge in [-0.15, -0.1) is 0 Å². The molecule has 0 aromatic heterocycles. The summed E-state index contributed by atoms with van der Waals surface area (Å²) in [5, 5.41) is 18.9. The van der Waals surface area contributed by atoms with Gasteiger partial charge in [0.1, 0.15) is 5.75 Å². The van der Waals surface area contributed by atoms with Gasteiger partial charge in [0.2, 0.25) is 0 Å². The summed E-state index contributed by atoms with van der Waals surface area (Å²) in [6.07, 6.45) is -0.121. The summed E-state index contributed by atoms with van der Waals surface area (Å²) < 4.78 is 0. The Bertz CT molecular complexity index is 291. The van der Waals surface area contributed by atoms with Crippen molar-refractivity contribution in [2.75, 3.05) is 6.54 Å². The molecule has 4 N–H and O–H groups in total. The van der Waals surface area contributed by atoms with Crippen LogP contribution in [0, 0.1) is 0 Å². The smallest absolute Gasteiger partial charge is 0.134 e. The number of benzene rings is 1. The molecular formula is C9H12ClNO2. The van der Waals surface area contributed by atoms with Crippen LogP contribution in [-0.4, -0.2) is 16.8 Å². The monoisotopic (exact) mass is 201 g/mol. The number of halogens is 1. The quantitative estimate of drug-likeness (QED) is 0.693. The van der Waals surface area contributed by atoms with Gasteiger partial charge in [-0.3, -0.25) is 0 Å². The van der Waals surface area contributed by atoms with Crippen LogP contribution in [-0.2, 0) is 0 Å². The van der Waals surface area contributed by atoms with E-state index in [1.54, 1.807) is 6.07 Å². The molecule has 13 heavy (non-hydrogen) atoms. The summed E-state index contributed by atoms with van der Waals surface area (Å²) in [5.41, 5.74) is 5.97. The first-order valence-corrected chi connectivity index (χ1v) is 4.39. The Labute approximate surface area is 81.8 Å². The molecule has 0 aliphatic heterocycles. The van der Waals surface area contributed by atoms with E-state index in [4.69, 9.17) is 22.4 Å². The molecule has 1 atom stereocenters. The minimum absolute atomic E-state index is 0.0189. The summed E-state index contributed by atoms with van der Waals surface area (Å²) in [4.78, 5) is 0. The topological polar surface area (TPSA) is 66.5 Å². The Hall–Kier alpha value is -0.770. The third-order valence-corrected chi connectivity index (χ3v) is 2.10. The maximum absolute atomic E-state index is 9.52. The highest BCUT2D eigenvalue weighted by Crippen LogP contribution is 2.27. The van der Waals surface area contributed by atoms with Crippen molar-refractivity contribution >= 4 is 11.6 Å². The van der Waals surface area contributed by atoms with Gasteiger partial charge >= 0.3 is 0 Å². The van der Waals surface area contributed by atoms with Gasteiger partial charge in [0.15, 0.2) is 0 Å². The molecule has 1 aromatic rings.